The molecule has 3 aromatic rings. The van der Waals surface area contributed by atoms with Crippen LogP contribution in [0.5, 0.6) is 5.75 Å². The Labute approximate surface area is 175 Å². The standard InChI is InChI=1S/C23H27N3O4/c1-23(2,3)30-22(29)26-19-8-7-17(27)11-16(19)12-20(26)15-6-9-21(24-13-15)25-10-4-5-18(28)14-25/h6-9,11-13,18,27-28H,4-5,10,14H2,1-3H3/t18-/m1/s1. The largest absolute Gasteiger partial charge is 0.508 e. The van der Waals surface area contributed by atoms with Gasteiger partial charge in [0.05, 0.1) is 17.3 Å². The van der Waals surface area contributed by atoms with E-state index in [0.29, 0.717) is 17.8 Å². The summed E-state index contributed by atoms with van der Waals surface area (Å²) in [5.41, 5.74) is 1.42. The second kappa shape index (κ2) is 7.65. The van der Waals surface area contributed by atoms with Gasteiger partial charge < -0.3 is 19.8 Å². The van der Waals surface area contributed by atoms with Gasteiger partial charge in [0, 0.05) is 30.2 Å². The van der Waals surface area contributed by atoms with Crippen LogP contribution in [0.4, 0.5) is 10.6 Å². The van der Waals surface area contributed by atoms with Crippen molar-refractivity contribution in [3.8, 4) is 17.0 Å². The molecule has 0 saturated carbocycles. The molecule has 0 radical (unpaired) electrons. The number of β-amino-alcohol motifs (C(OH)–C–C–N with tert-alkyl or cyclic N) is 1. The number of hydrogen-bond acceptors (Lipinski definition) is 6. The Bertz CT molecular complexity index is 1070. The lowest BCUT2D eigenvalue weighted by Gasteiger charge is -2.31. The second-order valence-electron chi connectivity index (χ2n) is 8.74. The zero-order chi connectivity index (χ0) is 21.5. The number of nitrogens with zero attached hydrogens (tertiary/aromatic N) is 3. The van der Waals surface area contributed by atoms with Gasteiger partial charge in [0.25, 0.3) is 0 Å². The van der Waals surface area contributed by atoms with Gasteiger partial charge in [-0.25, -0.2) is 14.3 Å². The Kier molecular flexibility index (Phi) is 5.15. The summed E-state index contributed by atoms with van der Waals surface area (Å²) in [4.78, 5) is 19.6. The van der Waals surface area contributed by atoms with Crippen molar-refractivity contribution in [1.82, 2.24) is 9.55 Å². The van der Waals surface area contributed by atoms with Gasteiger partial charge in [-0.15, -0.1) is 0 Å². The molecule has 2 aromatic heterocycles. The van der Waals surface area contributed by atoms with Gasteiger partial charge in [0.2, 0.25) is 0 Å². The summed E-state index contributed by atoms with van der Waals surface area (Å²) in [5, 5.41) is 20.5. The van der Waals surface area contributed by atoms with Gasteiger partial charge in [-0.3, -0.25) is 0 Å². The Hall–Kier alpha value is -3.06. The van der Waals surface area contributed by atoms with Crippen molar-refractivity contribution >= 4 is 22.8 Å². The van der Waals surface area contributed by atoms with Crippen LogP contribution >= 0.6 is 0 Å². The van der Waals surface area contributed by atoms with Crippen LogP contribution in [-0.2, 0) is 4.74 Å². The highest BCUT2D eigenvalue weighted by Crippen LogP contribution is 2.32. The SMILES string of the molecule is CC(C)(C)OC(=O)n1c(-c2ccc(N3CCC[C@@H](O)C3)nc2)cc2cc(O)ccc21. The summed E-state index contributed by atoms with van der Waals surface area (Å²) in [6.45, 7) is 6.91. The molecule has 4 rings (SSSR count). The lowest BCUT2D eigenvalue weighted by atomic mass is 10.1. The number of rotatable bonds is 2. The number of hydrogen-bond donors (Lipinski definition) is 2. The highest BCUT2D eigenvalue weighted by Gasteiger charge is 2.24. The summed E-state index contributed by atoms with van der Waals surface area (Å²) < 4.78 is 7.13. The fourth-order valence-corrected chi connectivity index (χ4v) is 3.81. The molecule has 0 aliphatic carbocycles. The molecule has 1 aliphatic rings. The number of carbonyl (C=O) groups is 1. The first-order valence-corrected chi connectivity index (χ1v) is 10.2. The summed E-state index contributed by atoms with van der Waals surface area (Å²) in [6, 6.07) is 10.5. The topological polar surface area (TPSA) is 87.8 Å². The van der Waals surface area contributed by atoms with Gasteiger partial charge >= 0.3 is 6.09 Å². The fourth-order valence-electron chi connectivity index (χ4n) is 3.81. The second-order valence-corrected chi connectivity index (χ2v) is 8.74. The van der Waals surface area contributed by atoms with Crippen LogP contribution in [0.2, 0.25) is 0 Å². The Morgan fingerprint density at radius 3 is 2.67 bits per heavy atom. The number of benzene rings is 1. The number of pyridine rings is 1. The van der Waals surface area contributed by atoms with E-state index in [1.54, 1.807) is 24.4 Å². The quantitative estimate of drug-likeness (QED) is 0.661. The normalized spacial score (nSPS) is 17.3. The number of aromatic hydroxyl groups is 1. The summed E-state index contributed by atoms with van der Waals surface area (Å²) >= 11 is 0. The molecule has 1 aromatic carbocycles. The third-order valence-electron chi connectivity index (χ3n) is 5.13. The highest BCUT2D eigenvalue weighted by molar-refractivity contribution is 5.96. The number of aliphatic hydroxyl groups is 1. The third-order valence-corrected chi connectivity index (χ3v) is 5.13. The molecule has 1 fully saturated rings. The number of aliphatic hydroxyl groups excluding tert-OH is 1. The van der Waals surface area contributed by atoms with Gasteiger partial charge in [-0.05, 0) is 70.0 Å². The highest BCUT2D eigenvalue weighted by atomic mass is 16.6. The predicted molar refractivity (Wildman–Crippen MR) is 116 cm³/mol. The first-order valence-electron chi connectivity index (χ1n) is 10.2. The van der Waals surface area contributed by atoms with Crippen LogP contribution in [0.1, 0.15) is 33.6 Å². The van der Waals surface area contributed by atoms with Crippen molar-refractivity contribution < 1.29 is 19.7 Å². The van der Waals surface area contributed by atoms with Crippen LogP contribution in [0.25, 0.3) is 22.2 Å². The zero-order valence-electron chi connectivity index (χ0n) is 17.5. The van der Waals surface area contributed by atoms with Crippen LogP contribution in [0.15, 0.2) is 42.6 Å². The van der Waals surface area contributed by atoms with Crippen molar-refractivity contribution in [2.24, 2.45) is 0 Å². The number of carbonyl (C=O) groups excluding carboxylic acids is 1. The lowest BCUT2D eigenvalue weighted by Crippen LogP contribution is -2.38. The minimum Gasteiger partial charge on any atom is -0.508 e. The molecule has 3 heterocycles. The van der Waals surface area contributed by atoms with E-state index in [2.05, 4.69) is 9.88 Å². The molecule has 0 bridgehead atoms. The van der Waals surface area contributed by atoms with Gasteiger partial charge in [-0.1, -0.05) is 0 Å². The van der Waals surface area contributed by atoms with Crippen LogP contribution in [0, 0.1) is 0 Å². The van der Waals surface area contributed by atoms with Crippen molar-refractivity contribution in [2.75, 3.05) is 18.0 Å². The minimum absolute atomic E-state index is 0.132. The Balaban J connectivity index is 1.74. The Morgan fingerprint density at radius 1 is 1.20 bits per heavy atom. The van der Waals surface area contributed by atoms with Crippen molar-refractivity contribution in [3.63, 3.8) is 0 Å². The first-order chi connectivity index (χ1) is 14.2. The maximum Gasteiger partial charge on any atom is 0.419 e. The van der Waals surface area contributed by atoms with E-state index in [0.717, 1.165) is 36.2 Å². The first kappa shape index (κ1) is 20.2. The molecule has 0 unspecified atom stereocenters. The monoisotopic (exact) mass is 409 g/mol. The summed E-state index contributed by atoms with van der Waals surface area (Å²) in [5.74, 6) is 0.933. The average molecular weight is 409 g/mol. The molecule has 0 amide bonds. The Morgan fingerprint density at radius 2 is 2.00 bits per heavy atom. The van der Waals surface area contributed by atoms with Gasteiger partial charge in [-0.2, -0.15) is 0 Å². The summed E-state index contributed by atoms with van der Waals surface area (Å²) in [7, 11) is 0. The van der Waals surface area contributed by atoms with Crippen LogP contribution in [-0.4, -0.2) is 50.7 Å². The van der Waals surface area contributed by atoms with Crippen molar-refractivity contribution in [3.05, 3.63) is 42.6 Å². The van der Waals surface area contributed by atoms with Crippen LogP contribution in [0.3, 0.4) is 0 Å². The lowest BCUT2D eigenvalue weighted by molar-refractivity contribution is 0.0547. The number of anilines is 1. The molecule has 2 N–H and O–H groups in total. The van der Waals surface area contributed by atoms with Crippen molar-refractivity contribution in [2.45, 2.75) is 45.3 Å². The van der Waals surface area contributed by atoms with E-state index >= 15 is 0 Å². The number of phenols is 1. The number of phenolic OH excluding ortho intramolecular Hbond substituents is 1. The van der Waals surface area contributed by atoms with Gasteiger partial charge in [0.15, 0.2) is 0 Å². The number of aromatic nitrogens is 2. The molecule has 1 atom stereocenters. The van der Waals surface area contributed by atoms with E-state index in [4.69, 9.17) is 4.74 Å². The predicted octanol–water partition coefficient (Wildman–Crippen LogP) is 4.15. The van der Waals surface area contributed by atoms with Gasteiger partial charge in [0.1, 0.15) is 17.2 Å². The van der Waals surface area contributed by atoms with E-state index < -0.39 is 11.7 Å². The maximum atomic E-state index is 13.0. The number of piperidine rings is 1. The molecular formula is C23H27N3O4. The average Bonchev–Trinajstić information content (AvgIpc) is 3.05. The molecule has 7 heteroatoms. The molecule has 1 aliphatic heterocycles. The molecule has 0 spiro atoms. The van der Waals surface area contributed by atoms with Crippen molar-refractivity contribution in [1.29, 1.82) is 0 Å². The minimum atomic E-state index is -0.640. The molecule has 158 valence electrons. The van der Waals surface area contributed by atoms with E-state index in [9.17, 15) is 15.0 Å². The molecule has 7 nitrogen and oxygen atoms in total. The number of fused-ring (bicyclic) bond motifs is 1. The van der Waals surface area contributed by atoms with Crippen LogP contribution < -0.4 is 4.90 Å². The smallest absolute Gasteiger partial charge is 0.419 e. The maximum absolute atomic E-state index is 13.0. The molecule has 30 heavy (non-hydrogen) atoms. The van der Waals surface area contributed by atoms with E-state index in [1.807, 2.05) is 39.0 Å². The molecular weight excluding hydrogens is 382 g/mol. The third kappa shape index (κ3) is 4.11. The summed E-state index contributed by atoms with van der Waals surface area (Å²) in [6.07, 6.45) is 2.66. The fraction of sp³-hybridized carbons (Fsp3) is 0.391. The molecule has 1 saturated heterocycles. The number of ether oxygens (including phenoxy) is 1. The zero-order valence-corrected chi connectivity index (χ0v) is 17.5. The van der Waals surface area contributed by atoms with E-state index in [-0.39, 0.29) is 11.9 Å². The van der Waals surface area contributed by atoms with E-state index in [1.165, 1.54) is 4.57 Å².